The Morgan fingerprint density at radius 1 is 0.783 bits per heavy atom. The van der Waals surface area contributed by atoms with Crippen LogP contribution in [0.1, 0.15) is 106 Å². The first kappa shape index (κ1) is 58.3. The minimum atomic E-state index is -0.910. The number of nitrogens with zero attached hydrogens (tertiary/aromatic N) is 4. The Morgan fingerprint density at radius 2 is 1.41 bits per heavy atom. The molecule has 1 fully saturated rings. The van der Waals surface area contributed by atoms with Gasteiger partial charge in [-0.05, 0) is 88.7 Å². The second-order valence-electron chi connectivity index (χ2n) is 20.7. The van der Waals surface area contributed by atoms with Crippen LogP contribution in [0.5, 0.6) is 0 Å². The fourth-order valence-electron chi connectivity index (χ4n) is 9.50. The standard InChI is InChI=1S/C53H85N7O9/c1-17-35(6)46(59(14)51(65)44(33(2)3)56-49(63)45(34(4)5)57(11)12)42(67-15)31-43(61)60-29-21-24-41(60)47(68-16)36(7)48(62)55-40(30-37-22-19-18-20-23-37)50(64)58(13)32-38-25-27-39(28-26-38)54-52(66)69-53(8,9)10/h18-20,22-23,25-28,33-36,40-42,44-47H,17,21,24,29-32H2,1-16H3,(H,54,66)(H,55,62)(H,56,63)/t35-,36+,40?,41-,42+,44-,45-,46-,47+/m0/s1. The Labute approximate surface area is 412 Å². The van der Waals surface area contributed by atoms with Gasteiger partial charge in [0.1, 0.15) is 17.7 Å². The predicted molar refractivity (Wildman–Crippen MR) is 270 cm³/mol. The molecular formula is C53H85N7O9. The molecule has 0 saturated carbocycles. The molecule has 9 atom stereocenters. The Hall–Kier alpha value is -5.06. The monoisotopic (exact) mass is 964 g/mol. The van der Waals surface area contributed by atoms with Crippen molar-refractivity contribution >= 4 is 41.3 Å². The van der Waals surface area contributed by atoms with Gasteiger partial charge in [-0.15, -0.1) is 0 Å². The molecule has 16 heteroatoms. The van der Waals surface area contributed by atoms with Crippen molar-refractivity contribution in [2.24, 2.45) is 23.7 Å². The topological polar surface area (TPSA) is 179 Å². The number of likely N-dealkylation sites (tertiary alicyclic amines) is 1. The van der Waals surface area contributed by atoms with Crippen molar-refractivity contribution in [3.63, 3.8) is 0 Å². The van der Waals surface area contributed by atoms with Crippen molar-refractivity contribution in [3.05, 3.63) is 65.7 Å². The molecule has 1 aliphatic rings. The van der Waals surface area contributed by atoms with E-state index in [1.807, 2.05) is 103 Å². The van der Waals surface area contributed by atoms with Crippen LogP contribution in [0.15, 0.2) is 54.6 Å². The molecule has 1 unspecified atom stereocenters. The van der Waals surface area contributed by atoms with Crippen molar-refractivity contribution in [2.75, 3.05) is 54.3 Å². The highest BCUT2D eigenvalue weighted by Gasteiger charge is 2.43. The van der Waals surface area contributed by atoms with Crippen LogP contribution < -0.4 is 16.0 Å². The van der Waals surface area contributed by atoms with Crippen molar-refractivity contribution in [1.82, 2.24) is 30.2 Å². The van der Waals surface area contributed by atoms with E-state index in [1.54, 1.807) is 75.7 Å². The van der Waals surface area contributed by atoms with Gasteiger partial charge in [-0.1, -0.05) is 97.4 Å². The summed E-state index contributed by atoms with van der Waals surface area (Å²) < 4.78 is 17.5. The van der Waals surface area contributed by atoms with E-state index in [4.69, 9.17) is 14.2 Å². The van der Waals surface area contributed by atoms with Crippen molar-refractivity contribution < 1.29 is 43.0 Å². The van der Waals surface area contributed by atoms with Gasteiger partial charge >= 0.3 is 6.09 Å². The summed E-state index contributed by atoms with van der Waals surface area (Å²) in [6.45, 7) is 19.7. The van der Waals surface area contributed by atoms with Gasteiger partial charge in [0.05, 0.1) is 42.7 Å². The third kappa shape index (κ3) is 16.8. The lowest BCUT2D eigenvalue weighted by atomic mass is 9.89. The van der Waals surface area contributed by atoms with Crippen LogP contribution in [0.25, 0.3) is 0 Å². The van der Waals surface area contributed by atoms with Crippen LogP contribution >= 0.6 is 0 Å². The zero-order chi connectivity index (χ0) is 51.9. The molecule has 0 bridgehead atoms. The average molecular weight is 964 g/mol. The van der Waals surface area contributed by atoms with Gasteiger partial charge in [-0.25, -0.2) is 4.79 Å². The number of likely N-dealkylation sites (N-methyl/N-ethyl adjacent to an activating group) is 3. The molecule has 6 amide bonds. The van der Waals surface area contributed by atoms with Crippen LogP contribution in [0.2, 0.25) is 0 Å². The number of carbonyl (C=O) groups excluding carboxylic acids is 6. The van der Waals surface area contributed by atoms with Gasteiger partial charge in [0, 0.05) is 53.5 Å². The van der Waals surface area contributed by atoms with E-state index in [9.17, 15) is 28.8 Å². The maximum Gasteiger partial charge on any atom is 0.412 e. The summed E-state index contributed by atoms with van der Waals surface area (Å²) in [7, 11) is 10.2. The van der Waals surface area contributed by atoms with E-state index in [2.05, 4.69) is 16.0 Å². The summed E-state index contributed by atoms with van der Waals surface area (Å²) in [6, 6.07) is 13.5. The number of benzene rings is 2. The summed E-state index contributed by atoms with van der Waals surface area (Å²) in [5.41, 5.74) is 1.59. The SMILES string of the molecule is CC[C@H](C)[C@@H]([C@@H](CC(=O)N1CCC[C@H]1[C@H](OC)[C@@H](C)C(=O)NC(Cc1ccccc1)C(=O)N(C)Cc1ccc(NC(=O)OC(C)(C)C)cc1)OC)N(C)C(=O)[C@@H](NC(=O)[C@H](C(C)C)N(C)C)C(C)C. The molecule has 16 nitrogen and oxygen atoms in total. The number of carbonyl (C=O) groups is 6. The van der Waals surface area contributed by atoms with Gasteiger partial charge in [-0.2, -0.15) is 0 Å². The lowest BCUT2D eigenvalue weighted by Crippen LogP contribution is -2.59. The fourth-order valence-corrected chi connectivity index (χ4v) is 9.50. The van der Waals surface area contributed by atoms with E-state index >= 15 is 0 Å². The molecule has 3 rings (SSSR count). The van der Waals surface area contributed by atoms with Gasteiger partial charge in [-0.3, -0.25) is 34.2 Å². The first-order valence-corrected chi connectivity index (χ1v) is 24.6. The lowest BCUT2D eigenvalue weighted by Gasteiger charge is -2.41. The maximum atomic E-state index is 14.5. The van der Waals surface area contributed by atoms with Crippen LogP contribution in [-0.2, 0) is 51.1 Å². The minimum absolute atomic E-state index is 0.0195. The van der Waals surface area contributed by atoms with Crippen molar-refractivity contribution in [1.29, 1.82) is 0 Å². The maximum absolute atomic E-state index is 14.5. The third-order valence-corrected chi connectivity index (χ3v) is 13.2. The first-order valence-electron chi connectivity index (χ1n) is 24.6. The molecule has 69 heavy (non-hydrogen) atoms. The quantitative estimate of drug-likeness (QED) is 0.107. The number of ether oxygens (including phenoxy) is 3. The molecule has 386 valence electrons. The largest absolute Gasteiger partial charge is 0.444 e. The molecular weight excluding hydrogens is 879 g/mol. The summed E-state index contributed by atoms with van der Waals surface area (Å²) in [5, 5.41) is 8.81. The molecule has 0 aliphatic carbocycles. The smallest absolute Gasteiger partial charge is 0.412 e. The van der Waals surface area contributed by atoms with Crippen molar-refractivity contribution in [3.8, 4) is 0 Å². The van der Waals surface area contributed by atoms with E-state index in [1.165, 1.54) is 7.11 Å². The van der Waals surface area contributed by atoms with Crippen molar-refractivity contribution in [2.45, 2.75) is 156 Å². The van der Waals surface area contributed by atoms with E-state index in [0.717, 1.165) is 11.1 Å². The number of hydrogen-bond donors (Lipinski definition) is 3. The van der Waals surface area contributed by atoms with Crippen LogP contribution in [0.3, 0.4) is 0 Å². The first-order chi connectivity index (χ1) is 32.3. The number of anilines is 1. The van der Waals surface area contributed by atoms with E-state index in [-0.39, 0.29) is 66.7 Å². The summed E-state index contributed by atoms with van der Waals surface area (Å²) in [4.78, 5) is 90.1. The Bertz CT molecular complexity index is 1970. The predicted octanol–water partition coefficient (Wildman–Crippen LogP) is 6.37. The third-order valence-electron chi connectivity index (χ3n) is 13.2. The molecule has 1 saturated heterocycles. The van der Waals surface area contributed by atoms with Gasteiger partial charge in [0.15, 0.2) is 0 Å². The highest BCUT2D eigenvalue weighted by molar-refractivity contribution is 5.91. The van der Waals surface area contributed by atoms with E-state index < -0.39 is 60.0 Å². The lowest BCUT2D eigenvalue weighted by molar-refractivity contribution is -0.148. The molecule has 2 aromatic rings. The molecule has 1 aliphatic heterocycles. The number of amides is 6. The number of methoxy groups -OCH3 is 2. The molecule has 2 aromatic carbocycles. The highest BCUT2D eigenvalue weighted by atomic mass is 16.6. The fraction of sp³-hybridized carbons (Fsp3) is 0.660. The number of nitrogens with one attached hydrogen (secondary N) is 3. The Balaban J connectivity index is 1.80. The summed E-state index contributed by atoms with van der Waals surface area (Å²) in [6.07, 6.45) is 0.308. The Morgan fingerprint density at radius 3 is 1.93 bits per heavy atom. The van der Waals surface area contributed by atoms with Gasteiger partial charge in [0.25, 0.3) is 0 Å². The van der Waals surface area contributed by atoms with Crippen LogP contribution in [0.4, 0.5) is 10.5 Å². The van der Waals surface area contributed by atoms with E-state index in [0.29, 0.717) is 31.5 Å². The van der Waals surface area contributed by atoms with Crippen LogP contribution in [0, 0.1) is 23.7 Å². The molecule has 0 spiro atoms. The minimum Gasteiger partial charge on any atom is -0.444 e. The zero-order valence-corrected chi connectivity index (χ0v) is 44.5. The number of rotatable bonds is 24. The molecule has 0 aromatic heterocycles. The second kappa shape index (κ2) is 26.8. The highest BCUT2D eigenvalue weighted by Crippen LogP contribution is 2.30. The molecule has 1 heterocycles. The average Bonchev–Trinajstić information content (AvgIpc) is 3.77. The normalized spacial score (nSPS) is 17.6. The summed E-state index contributed by atoms with van der Waals surface area (Å²) >= 11 is 0. The van der Waals surface area contributed by atoms with Crippen LogP contribution in [-0.4, -0.2) is 152 Å². The number of hydrogen-bond acceptors (Lipinski definition) is 10. The Kier molecular flexibility index (Phi) is 22.6. The van der Waals surface area contributed by atoms with Gasteiger partial charge < -0.3 is 39.5 Å². The molecule has 3 N–H and O–H groups in total. The molecule has 0 radical (unpaired) electrons. The second-order valence-corrected chi connectivity index (χ2v) is 20.7. The van der Waals surface area contributed by atoms with Gasteiger partial charge in [0.2, 0.25) is 29.5 Å². The summed E-state index contributed by atoms with van der Waals surface area (Å²) in [5.74, 6) is -2.32. The zero-order valence-electron chi connectivity index (χ0n) is 44.5.